The van der Waals surface area contributed by atoms with Crippen LogP contribution in [0.3, 0.4) is 0 Å². The largest absolute Gasteiger partial charge is 0.496 e. The van der Waals surface area contributed by atoms with Crippen LogP contribution in [0.15, 0.2) is 53.5 Å². The fraction of sp³-hybridized carbons (Fsp3) is 0.231. The molecule has 1 aromatic carbocycles. The summed E-state index contributed by atoms with van der Waals surface area (Å²) in [6, 6.07) is 14.8. The zero-order valence-electron chi connectivity index (χ0n) is 19.5. The van der Waals surface area contributed by atoms with Crippen LogP contribution in [0.5, 0.6) is 5.75 Å². The van der Waals surface area contributed by atoms with Gasteiger partial charge in [-0.1, -0.05) is 12.1 Å². The Bertz CT molecular complexity index is 1490. The number of fused-ring (bicyclic) bond motifs is 1. The molecule has 0 spiro atoms. The maximum atomic E-state index is 13.4. The molecule has 1 unspecified atom stereocenters. The van der Waals surface area contributed by atoms with Crippen LogP contribution in [0.4, 0.5) is 0 Å². The molecule has 3 aromatic heterocycles. The van der Waals surface area contributed by atoms with Gasteiger partial charge in [-0.3, -0.25) is 9.59 Å². The Labute approximate surface area is 196 Å². The van der Waals surface area contributed by atoms with E-state index in [-0.39, 0.29) is 24.1 Å². The zero-order valence-corrected chi connectivity index (χ0v) is 19.5. The van der Waals surface area contributed by atoms with E-state index in [1.165, 1.54) is 7.11 Å². The molecular formula is C26H25N5O3. The van der Waals surface area contributed by atoms with E-state index < -0.39 is 0 Å². The van der Waals surface area contributed by atoms with Crippen LogP contribution < -0.4 is 15.6 Å². The molecule has 4 rings (SSSR count). The Hall–Kier alpha value is -4.38. The van der Waals surface area contributed by atoms with E-state index in [0.717, 1.165) is 11.3 Å². The third kappa shape index (κ3) is 4.04. The second-order valence-electron chi connectivity index (χ2n) is 8.13. The lowest BCUT2D eigenvalue weighted by Crippen LogP contribution is -2.28. The van der Waals surface area contributed by atoms with Gasteiger partial charge in [0.05, 0.1) is 42.5 Å². The number of nitrogens with zero attached hydrogens (tertiary/aromatic N) is 3. The number of nitrogens with one attached hydrogen (secondary N) is 2. The number of aromatic amines is 1. The molecule has 2 N–H and O–H groups in total. The average molecular weight is 456 g/mol. The second kappa shape index (κ2) is 9.24. The number of H-pyrrole nitrogens is 1. The molecule has 8 nitrogen and oxygen atoms in total. The highest BCUT2D eigenvalue weighted by atomic mass is 16.5. The molecule has 0 fully saturated rings. The minimum Gasteiger partial charge on any atom is -0.496 e. The fourth-order valence-corrected chi connectivity index (χ4v) is 4.33. The van der Waals surface area contributed by atoms with E-state index in [1.807, 2.05) is 42.7 Å². The van der Waals surface area contributed by atoms with Crippen LogP contribution in [0.1, 0.15) is 51.4 Å². The Balaban J connectivity index is 1.73. The molecule has 4 aromatic rings. The lowest BCUT2D eigenvalue weighted by Gasteiger charge is -2.18. The van der Waals surface area contributed by atoms with Crippen molar-refractivity contribution < 1.29 is 9.53 Å². The van der Waals surface area contributed by atoms with Crippen LogP contribution in [0, 0.1) is 25.2 Å². The molecular weight excluding hydrogens is 430 g/mol. The summed E-state index contributed by atoms with van der Waals surface area (Å²) in [5, 5.41) is 12.9. The summed E-state index contributed by atoms with van der Waals surface area (Å²) in [6.45, 7) is 5.67. The smallest absolute Gasteiger partial charge is 0.256 e. The predicted molar refractivity (Wildman–Crippen MR) is 129 cm³/mol. The van der Waals surface area contributed by atoms with E-state index in [2.05, 4.69) is 21.4 Å². The van der Waals surface area contributed by atoms with Gasteiger partial charge in [-0.2, -0.15) is 5.26 Å². The van der Waals surface area contributed by atoms with Gasteiger partial charge in [0, 0.05) is 23.0 Å². The number of carbonyl (C=O) groups is 1. The van der Waals surface area contributed by atoms with Crippen LogP contribution >= 0.6 is 0 Å². The van der Waals surface area contributed by atoms with Crippen molar-refractivity contribution in [2.75, 3.05) is 7.11 Å². The van der Waals surface area contributed by atoms with Crippen molar-refractivity contribution in [1.29, 1.82) is 5.26 Å². The number of ether oxygens (including phenoxy) is 1. The average Bonchev–Trinajstić information content (AvgIpc) is 3.14. The first-order valence-corrected chi connectivity index (χ1v) is 10.9. The van der Waals surface area contributed by atoms with Gasteiger partial charge in [0.1, 0.15) is 11.4 Å². The highest BCUT2D eigenvalue weighted by Gasteiger charge is 2.24. The number of carbonyl (C=O) groups excluding carboxylic acids is 1. The number of pyridine rings is 2. The minimum absolute atomic E-state index is 0.0176. The number of nitriles is 1. The molecule has 3 heterocycles. The first kappa shape index (κ1) is 22.8. The van der Waals surface area contributed by atoms with Crippen LogP contribution in [-0.4, -0.2) is 27.6 Å². The Morgan fingerprint density at radius 2 is 2.06 bits per heavy atom. The predicted octanol–water partition coefficient (Wildman–Crippen LogP) is 3.76. The van der Waals surface area contributed by atoms with E-state index in [1.54, 1.807) is 31.3 Å². The molecule has 0 saturated heterocycles. The number of aryl methyl sites for hydroxylation is 1. The number of methoxy groups -OCH3 is 1. The molecule has 8 heteroatoms. The van der Waals surface area contributed by atoms with Crippen LogP contribution in [0.25, 0.3) is 11.0 Å². The summed E-state index contributed by atoms with van der Waals surface area (Å²) in [6.07, 6.45) is 1.69. The highest BCUT2D eigenvalue weighted by molar-refractivity contribution is 6.07. The maximum Gasteiger partial charge on any atom is 0.256 e. The molecule has 0 bridgehead atoms. The number of hydrogen-bond donors (Lipinski definition) is 2. The molecule has 0 saturated carbocycles. The number of hydrogen-bond acceptors (Lipinski definition) is 5. The molecule has 1 atom stereocenters. The molecule has 172 valence electrons. The lowest BCUT2D eigenvalue weighted by atomic mass is 10.1. The highest BCUT2D eigenvalue weighted by Crippen LogP contribution is 2.31. The summed E-state index contributed by atoms with van der Waals surface area (Å²) in [5.74, 6) is 0.114. The van der Waals surface area contributed by atoms with Crippen molar-refractivity contribution >= 4 is 16.9 Å². The molecule has 0 aliphatic carbocycles. The Morgan fingerprint density at radius 1 is 1.26 bits per heavy atom. The van der Waals surface area contributed by atoms with Gasteiger partial charge in [0.15, 0.2) is 0 Å². The van der Waals surface area contributed by atoms with Gasteiger partial charge >= 0.3 is 0 Å². The Morgan fingerprint density at radius 3 is 2.79 bits per heavy atom. The van der Waals surface area contributed by atoms with Crippen molar-refractivity contribution in [3.8, 4) is 11.8 Å². The Kier molecular flexibility index (Phi) is 6.19. The summed E-state index contributed by atoms with van der Waals surface area (Å²) in [4.78, 5) is 33.1. The summed E-state index contributed by atoms with van der Waals surface area (Å²) < 4.78 is 7.33. The summed E-state index contributed by atoms with van der Waals surface area (Å²) in [5.41, 5.74) is 4.14. The van der Waals surface area contributed by atoms with Gasteiger partial charge in [-0.25, -0.2) is 4.98 Å². The standard InChI is InChI=1S/C26H25N5O3/c1-15-11-22(34-4)21(25(32)30-15)14-29-26(33)23-17(3)31(24-20(23)9-6-10-28-24)16(2)19-8-5-7-18(12-19)13-27/h5-12,16H,14H2,1-4H3,(H,29,33)(H,30,32). The van der Waals surface area contributed by atoms with Gasteiger partial charge in [-0.05, 0) is 56.7 Å². The zero-order chi connectivity index (χ0) is 24.4. The van der Waals surface area contributed by atoms with E-state index in [4.69, 9.17) is 4.74 Å². The van der Waals surface area contributed by atoms with Gasteiger partial charge in [0.2, 0.25) is 0 Å². The number of aromatic nitrogens is 3. The van der Waals surface area contributed by atoms with Gasteiger partial charge in [0.25, 0.3) is 11.5 Å². The molecule has 0 radical (unpaired) electrons. The van der Waals surface area contributed by atoms with Crippen LogP contribution in [-0.2, 0) is 6.54 Å². The topological polar surface area (TPSA) is 113 Å². The third-order valence-corrected chi connectivity index (χ3v) is 6.00. The number of amides is 1. The van der Waals surface area contributed by atoms with Gasteiger partial charge in [-0.15, -0.1) is 0 Å². The quantitative estimate of drug-likeness (QED) is 0.460. The third-order valence-electron chi connectivity index (χ3n) is 6.00. The van der Waals surface area contributed by atoms with Crippen molar-refractivity contribution in [3.05, 3.63) is 92.7 Å². The molecule has 1 amide bonds. The van der Waals surface area contributed by atoms with Crippen molar-refractivity contribution in [3.63, 3.8) is 0 Å². The van der Waals surface area contributed by atoms with E-state index in [9.17, 15) is 14.9 Å². The van der Waals surface area contributed by atoms with E-state index >= 15 is 0 Å². The van der Waals surface area contributed by atoms with E-state index in [0.29, 0.717) is 39.2 Å². The minimum atomic E-state index is -0.311. The molecule has 34 heavy (non-hydrogen) atoms. The number of rotatable bonds is 6. The maximum absolute atomic E-state index is 13.4. The SMILES string of the molecule is COc1cc(C)[nH]c(=O)c1CNC(=O)c1c(C)n(C(C)c2cccc(C#N)c2)c2ncccc12. The monoisotopic (exact) mass is 455 g/mol. The van der Waals surface area contributed by atoms with Crippen molar-refractivity contribution in [2.45, 2.75) is 33.4 Å². The van der Waals surface area contributed by atoms with Crippen LogP contribution in [0.2, 0.25) is 0 Å². The van der Waals surface area contributed by atoms with Gasteiger partial charge < -0.3 is 19.6 Å². The fourth-order valence-electron chi connectivity index (χ4n) is 4.33. The molecule has 0 aliphatic rings. The normalized spacial score (nSPS) is 11.7. The van der Waals surface area contributed by atoms with Crippen molar-refractivity contribution in [1.82, 2.24) is 19.9 Å². The second-order valence-corrected chi connectivity index (χ2v) is 8.13. The first-order valence-electron chi connectivity index (χ1n) is 10.9. The lowest BCUT2D eigenvalue weighted by molar-refractivity contribution is 0.0951. The first-order chi connectivity index (χ1) is 16.3. The summed E-state index contributed by atoms with van der Waals surface area (Å²) in [7, 11) is 1.49. The summed E-state index contributed by atoms with van der Waals surface area (Å²) >= 11 is 0. The number of benzene rings is 1. The van der Waals surface area contributed by atoms with Crippen molar-refractivity contribution in [2.24, 2.45) is 0 Å². The molecule has 0 aliphatic heterocycles.